The number of thiazole rings is 1. The van der Waals surface area contributed by atoms with E-state index < -0.39 is 5.54 Å². The van der Waals surface area contributed by atoms with Gasteiger partial charge in [-0.3, -0.25) is 4.79 Å². The fourth-order valence-corrected chi connectivity index (χ4v) is 3.82. The molecule has 0 bridgehead atoms. The van der Waals surface area contributed by atoms with Crippen molar-refractivity contribution in [2.45, 2.75) is 25.8 Å². The van der Waals surface area contributed by atoms with E-state index in [0.29, 0.717) is 25.3 Å². The van der Waals surface area contributed by atoms with Crippen LogP contribution >= 0.6 is 11.3 Å². The molecule has 2 aromatic heterocycles. The van der Waals surface area contributed by atoms with Gasteiger partial charge in [-0.25, -0.2) is 14.4 Å². The highest BCUT2D eigenvalue weighted by molar-refractivity contribution is 7.09. The number of rotatable bonds is 3. The normalized spacial score (nSPS) is 21.1. The van der Waals surface area contributed by atoms with Crippen LogP contribution in [-0.2, 0) is 10.3 Å². The van der Waals surface area contributed by atoms with Crippen LogP contribution in [0.4, 0.5) is 10.2 Å². The summed E-state index contributed by atoms with van der Waals surface area (Å²) in [6.45, 7) is 4.50. The highest BCUT2D eigenvalue weighted by Crippen LogP contribution is 2.36. The van der Waals surface area contributed by atoms with Crippen molar-refractivity contribution in [1.82, 2.24) is 15.3 Å². The third-order valence-electron chi connectivity index (χ3n) is 3.75. The molecule has 3 rings (SSSR count). The van der Waals surface area contributed by atoms with Crippen LogP contribution in [0.5, 0.6) is 0 Å². The standard InChI is InChI=1S/C15H17FN4OS/c1-10-8-22-14(18-10)15(19-11(2)21)5-7-20(9-15)13-12(16)4-3-6-17-13/h3-4,6,8H,5,7,9H2,1-2H3,(H,19,21). The number of hydrogen-bond acceptors (Lipinski definition) is 5. The topological polar surface area (TPSA) is 58.1 Å². The number of aromatic nitrogens is 2. The van der Waals surface area contributed by atoms with Crippen molar-refractivity contribution in [3.05, 3.63) is 40.2 Å². The molecule has 1 fully saturated rings. The monoisotopic (exact) mass is 320 g/mol. The van der Waals surface area contributed by atoms with Crippen molar-refractivity contribution < 1.29 is 9.18 Å². The summed E-state index contributed by atoms with van der Waals surface area (Å²) in [4.78, 5) is 22.2. The predicted molar refractivity (Wildman–Crippen MR) is 83.4 cm³/mol. The molecule has 1 N–H and O–H groups in total. The average Bonchev–Trinajstić information content (AvgIpc) is 3.06. The summed E-state index contributed by atoms with van der Waals surface area (Å²) in [7, 11) is 0. The second-order valence-electron chi connectivity index (χ2n) is 5.54. The largest absolute Gasteiger partial charge is 0.351 e. The molecule has 0 aromatic carbocycles. The van der Waals surface area contributed by atoms with E-state index in [9.17, 15) is 9.18 Å². The molecule has 0 saturated carbocycles. The molecule has 5 nitrogen and oxygen atoms in total. The number of carbonyl (C=O) groups excluding carboxylic acids is 1. The average molecular weight is 320 g/mol. The predicted octanol–water partition coefficient (Wildman–Crippen LogP) is 2.23. The Morgan fingerprint density at radius 3 is 3.00 bits per heavy atom. The number of hydrogen-bond donors (Lipinski definition) is 1. The number of carbonyl (C=O) groups is 1. The van der Waals surface area contributed by atoms with Crippen molar-refractivity contribution in [2.75, 3.05) is 18.0 Å². The second-order valence-corrected chi connectivity index (χ2v) is 6.40. The molecule has 1 aliphatic heterocycles. The maximum atomic E-state index is 14.0. The van der Waals surface area contributed by atoms with Crippen molar-refractivity contribution in [2.24, 2.45) is 0 Å². The second kappa shape index (κ2) is 5.64. The number of nitrogens with one attached hydrogen (secondary N) is 1. The van der Waals surface area contributed by atoms with Gasteiger partial charge in [0.2, 0.25) is 5.91 Å². The molecule has 0 radical (unpaired) electrons. The maximum Gasteiger partial charge on any atom is 0.217 e. The van der Waals surface area contributed by atoms with Gasteiger partial charge in [-0.1, -0.05) is 0 Å². The first kappa shape index (κ1) is 14.9. The summed E-state index contributed by atoms with van der Waals surface area (Å²) >= 11 is 1.52. The van der Waals surface area contributed by atoms with Gasteiger partial charge >= 0.3 is 0 Å². The highest BCUT2D eigenvalue weighted by atomic mass is 32.1. The Morgan fingerprint density at radius 1 is 1.55 bits per heavy atom. The Kier molecular flexibility index (Phi) is 3.82. The van der Waals surface area contributed by atoms with Gasteiger partial charge < -0.3 is 10.2 Å². The Morgan fingerprint density at radius 2 is 2.36 bits per heavy atom. The van der Waals surface area contributed by atoms with Gasteiger partial charge in [0, 0.05) is 37.3 Å². The fraction of sp³-hybridized carbons (Fsp3) is 0.400. The first-order valence-electron chi connectivity index (χ1n) is 7.07. The molecule has 1 atom stereocenters. The highest BCUT2D eigenvalue weighted by Gasteiger charge is 2.43. The van der Waals surface area contributed by atoms with Gasteiger partial charge in [0.1, 0.15) is 10.5 Å². The van der Waals surface area contributed by atoms with E-state index in [4.69, 9.17) is 0 Å². The van der Waals surface area contributed by atoms with Crippen molar-refractivity contribution >= 4 is 23.1 Å². The Labute approximate surface area is 132 Å². The molecule has 116 valence electrons. The van der Waals surface area contributed by atoms with E-state index in [0.717, 1.165) is 10.7 Å². The summed E-state index contributed by atoms with van der Waals surface area (Å²) in [5.41, 5.74) is 0.349. The number of pyridine rings is 1. The van der Waals surface area contributed by atoms with E-state index in [1.165, 1.54) is 24.3 Å². The summed E-state index contributed by atoms with van der Waals surface area (Å²) in [5.74, 6) is -0.143. The Bertz CT molecular complexity index is 704. The minimum Gasteiger partial charge on any atom is -0.351 e. The lowest BCUT2D eigenvalue weighted by molar-refractivity contribution is -0.120. The van der Waals surface area contributed by atoms with Crippen molar-refractivity contribution in [1.29, 1.82) is 0 Å². The quantitative estimate of drug-likeness (QED) is 0.942. The molecule has 1 amide bonds. The van der Waals surface area contributed by atoms with Gasteiger partial charge in [-0.05, 0) is 25.5 Å². The molecule has 1 unspecified atom stereocenters. The van der Waals surface area contributed by atoms with Crippen molar-refractivity contribution in [3.8, 4) is 0 Å². The third-order valence-corrected chi connectivity index (χ3v) is 4.92. The zero-order valence-electron chi connectivity index (χ0n) is 12.5. The van der Waals surface area contributed by atoms with E-state index in [1.54, 1.807) is 12.3 Å². The zero-order valence-corrected chi connectivity index (χ0v) is 13.3. The van der Waals surface area contributed by atoms with Crippen LogP contribution in [0.15, 0.2) is 23.7 Å². The lowest BCUT2D eigenvalue weighted by Gasteiger charge is -2.28. The Hall–Kier alpha value is -2.02. The SMILES string of the molecule is CC(=O)NC1(c2nc(C)cs2)CCN(c2ncccc2F)C1. The Balaban J connectivity index is 1.93. The number of halogens is 1. The van der Waals surface area contributed by atoms with Gasteiger partial charge in [0.15, 0.2) is 11.6 Å². The minimum atomic E-state index is -0.575. The summed E-state index contributed by atoms with van der Waals surface area (Å²) in [5, 5.41) is 5.84. The molecule has 1 saturated heterocycles. The van der Waals surface area contributed by atoms with Gasteiger partial charge in [-0.2, -0.15) is 0 Å². The van der Waals surface area contributed by atoms with Gasteiger partial charge in [-0.15, -0.1) is 11.3 Å². The molecule has 0 spiro atoms. The van der Waals surface area contributed by atoms with E-state index in [-0.39, 0.29) is 11.7 Å². The van der Waals surface area contributed by atoms with E-state index >= 15 is 0 Å². The van der Waals surface area contributed by atoms with Crippen LogP contribution in [0.25, 0.3) is 0 Å². The minimum absolute atomic E-state index is 0.115. The summed E-state index contributed by atoms with van der Waals surface area (Å²) in [6, 6.07) is 2.97. The lowest BCUT2D eigenvalue weighted by atomic mass is 9.99. The molecule has 22 heavy (non-hydrogen) atoms. The maximum absolute atomic E-state index is 14.0. The fourth-order valence-electron chi connectivity index (χ4n) is 2.84. The van der Waals surface area contributed by atoms with Gasteiger partial charge in [0.25, 0.3) is 0 Å². The number of anilines is 1. The number of nitrogens with zero attached hydrogens (tertiary/aromatic N) is 3. The number of amides is 1. The smallest absolute Gasteiger partial charge is 0.217 e. The van der Waals surface area contributed by atoms with Crippen molar-refractivity contribution in [3.63, 3.8) is 0 Å². The van der Waals surface area contributed by atoms with E-state index in [2.05, 4.69) is 15.3 Å². The lowest BCUT2D eigenvalue weighted by Crippen LogP contribution is -2.47. The van der Waals surface area contributed by atoms with Crippen LogP contribution in [0.2, 0.25) is 0 Å². The molecule has 2 aromatic rings. The van der Waals surface area contributed by atoms with E-state index in [1.807, 2.05) is 17.2 Å². The van der Waals surface area contributed by atoms with Crippen LogP contribution in [0.1, 0.15) is 24.0 Å². The molecule has 1 aliphatic rings. The van der Waals surface area contributed by atoms with Crippen LogP contribution in [0.3, 0.4) is 0 Å². The zero-order chi connectivity index (χ0) is 15.7. The molecule has 0 aliphatic carbocycles. The van der Waals surface area contributed by atoms with Crippen LogP contribution < -0.4 is 10.2 Å². The third kappa shape index (κ3) is 2.68. The van der Waals surface area contributed by atoms with Crippen LogP contribution in [0, 0.1) is 12.7 Å². The first-order chi connectivity index (χ1) is 10.5. The summed E-state index contributed by atoms with van der Waals surface area (Å²) < 4.78 is 14.0. The molecule has 7 heteroatoms. The first-order valence-corrected chi connectivity index (χ1v) is 7.95. The molecule has 3 heterocycles. The number of aryl methyl sites for hydroxylation is 1. The molecular formula is C15H17FN4OS. The van der Waals surface area contributed by atoms with Crippen LogP contribution in [-0.4, -0.2) is 29.0 Å². The summed E-state index contributed by atoms with van der Waals surface area (Å²) in [6.07, 6.45) is 2.25. The molecular weight excluding hydrogens is 303 g/mol. The van der Waals surface area contributed by atoms with Gasteiger partial charge in [0.05, 0.1) is 0 Å².